The van der Waals surface area contributed by atoms with Crippen LogP contribution < -0.4 is 4.90 Å². The largest absolute Gasteiger partial charge is 0.416 e. The molecule has 0 saturated heterocycles. The molecule has 0 radical (unpaired) electrons. The summed E-state index contributed by atoms with van der Waals surface area (Å²) in [6.07, 6.45) is -0.371. The molecule has 0 N–H and O–H groups in total. The van der Waals surface area contributed by atoms with Gasteiger partial charge < -0.3 is 4.90 Å². The van der Waals surface area contributed by atoms with Crippen molar-refractivity contribution in [3.8, 4) is 0 Å². The number of hydrogen-bond acceptors (Lipinski definition) is 1. The van der Waals surface area contributed by atoms with Gasteiger partial charge in [0.15, 0.2) is 0 Å². The van der Waals surface area contributed by atoms with E-state index in [0.717, 1.165) is 6.07 Å². The molecule has 0 aliphatic carbocycles. The Morgan fingerprint density at radius 1 is 1.07 bits per heavy atom. The molecule has 0 saturated carbocycles. The van der Waals surface area contributed by atoms with Gasteiger partial charge in [0.1, 0.15) is 0 Å². The molecule has 80 valence electrons. The highest BCUT2D eigenvalue weighted by Crippen LogP contribution is 2.31. The minimum Gasteiger partial charge on any atom is -0.364 e. The Kier molecular flexibility index (Phi) is 2.42. The lowest BCUT2D eigenvalue weighted by atomic mass is 10.2. The van der Waals surface area contributed by atoms with Crippen molar-refractivity contribution in [2.45, 2.75) is 6.18 Å². The van der Waals surface area contributed by atoms with Crippen LogP contribution in [0, 0.1) is 0 Å². The molecule has 4 heteroatoms. The Labute approximate surface area is 85.8 Å². The van der Waals surface area contributed by atoms with Crippen LogP contribution in [-0.2, 0) is 6.18 Å². The van der Waals surface area contributed by atoms with Gasteiger partial charge >= 0.3 is 6.18 Å². The Balaban J connectivity index is 2.26. The summed E-state index contributed by atoms with van der Waals surface area (Å²) in [6.45, 7) is 1.36. The van der Waals surface area contributed by atoms with Crippen LogP contribution >= 0.6 is 0 Å². The van der Waals surface area contributed by atoms with E-state index in [9.17, 15) is 13.2 Å². The Morgan fingerprint density at radius 3 is 2.33 bits per heavy atom. The standard InChI is InChI=1S/C11H10F3N/c12-11(13,14)9-4-3-5-10(8-9)15-6-1-2-7-15/h1-5,8H,6-7H2. The van der Waals surface area contributed by atoms with Crippen molar-refractivity contribution in [1.29, 1.82) is 0 Å². The Hall–Kier alpha value is -1.45. The smallest absolute Gasteiger partial charge is 0.364 e. The number of rotatable bonds is 1. The van der Waals surface area contributed by atoms with E-state index < -0.39 is 11.7 Å². The van der Waals surface area contributed by atoms with Crippen molar-refractivity contribution in [1.82, 2.24) is 0 Å². The number of anilines is 1. The topological polar surface area (TPSA) is 3.24 Å². The van der Waals surface area contributed by atoms with Gasteiger partial charge in [-0.2, -0.15) is 13.2 Å². The molecule has 1 aliphatic heterocycles. The fourth-order valence-electron chi connectivity index (χ4n) is 1.57. The monoisotopic (exact) mass is 213 g/mol. The SMILES string of the molecule is FC(F)(F)c1cccc(N2CC=CC2)c1. The van der Waals surface area contributed by atoms with Crippen LogP contribution in [0.15, 0.2) is 36.4 Å². The van der Waals surface area contributed by atoms with Gasteiger partial charge in [-0.05, 0) is 18.2 Å². The molecule has 0 aromatic heterocycles. The quantitative estimate of drug-likeness (QED) is 0.648. The van der Waals surface area contributed by atoms with Crippen LogP contribution in [0.1, 0.15) is 5.56 Å². The maximum absolute atomic E-state index is 12.4. The first-order valence-electron chi connectivity index (χ1n) is 4.64. The van der Waals surface area contributed by atoms with Gasteiger partial charge in [-0.3, -0.25) is 0 Å². The van der Waals surface area contributed by atoms with E-state index in [1.54, 1.807) is 6.07 Å². The lowest BCUT2D eigenvalue weighted by Crippen LogP contribution is -2.19. The van der Waals surface area contributed by atoms with Gasteiger partial charge in [0.2, 0.25) is 0 Å². The first-order chi connectivity index (χ1) is 7.07. The Bertz CT molecular complexity index is 374. The normalized spacial score (nSPS) is 16.1. The summed E-state index contributed by atoms with van der Waals surface area (Å²) in [6, 6.07) is 5.42. The molecule has 1 aromatic rings. The third kappa shape index (κ3) is 2.14. The van der Waals surface area contributed by atoms with Crippen molar-refractivity contribution in [2.24, 2.45) is 0 Å². The number of hydrogen-bond donors (Lipinski definition) is 0. The zero-order valence-electron chi connectivity index (χ0n) is 7.96. The molecule has 0 unspecified atom stereocenters. The van der Waals surface area contributed by atoms with Crippen LogP contribution in [-0.4, -0.2) is 13.1 Å². The average Bonchev–Trinajstić information content (AvgIpc) is 2.69. The average molecular weight is 213 g/mol. The number of halogens is 3. The molecule has 1 heterocycles. The summed E-state index contributed by atoms with van der Waals surface area (Å²) in [5.74, 6) is 0. The first-order valence-corrected chi connectivity index (χ1v) is 4.64. The fourth-order valence-corrected chi connectivity index (χ4v) is 1.57. The van der Waals surface area contributed by atoms with E-state index in [1.165, 1.54) is 12.1 Å². The van der Waals surface area contributed by atoms with Gasteiger partial charge in [-0.1, -0.05) is 18.2 Å². The van der Waals surface area contributed by atoms with Crippen molar-refractivity contribution in [3.63, 3.8) is 0 Å². The minimum atomic E-state index is -4.26. The predicted molar refractivity (Wildman–Crippen MR) is 52.8 cm³/mol. The lowest BCUT2D eigenvalue weighted by molar-refractivity contribution is -0.137. The van der Waals surface area contributed by atoms with Crippen molar-refractivity contribution >= 4 is 5.69 Å². The van der Waals surface area contributed by atoms with E-state index >= 15 is 0 Å². The zero-order valence-corrected chi connectivity index (χ0v) is 7.96. The van der Waals surface area contributed by atoms with E-state index in [1.807, 2.05) is 17.1 Å². The molecular formula is C11H10F3N. The maximum Gasteiger partial charge on any atom is 0.416 e. The molecule has 1 aromatic carbocycles. The van der Waals surface area contributed by atoms with Crippen LogP contribution in [0.4, 0.5) is 18.9 Å². The van der Waals surface area contributed by atoms with Gasteiger partial charge in [0, 0.05) is 18.8 Å². The highest BCUT2D eigenvalue weighted by atomic mass is 19.4. The van der Waals surface area contributed by atoms with Gasteiger partial charge in [-0.25, -0.2) is 0 Å². The van der Waals surface area contributed by atoms with Crippen molar-refractivity contribution in [3.05, 3.63) is 42.0 Å². The fraction of sp³-hybridized carbons (Fsp3) is 0.273. The molecule has 0 bridgehead atoms. The van der Waals surface area contributed by atoms with E-state index in [4.69, 9.17) is 0 Å². The lowest BCUT2D eigenvalue weighted by Gasteiger charge is -2.18. The minimum absolute atomic E-state index is 0.591. The summed E-state index contributed by atoms with van der Waals surface area (Å²) in [7, 11) is 0. The van der Waals surface area contributed by atoms with Crippen LogP contribution in [0.3, 0.4) is 0 Å². The third-order valence-electron chi connectivity index (χ3n) is 2.36. The van der Waals surface area contributed by atoms with Crippen LogP contribution in [0.5, 0.6) is 0 Å². The number of alkyl halides is 3. The molecule has 15 heavy (non-hydrogen) atoms. The molecule has 0 atom stereocenters. The summed E-state index contributed by atoms with van der Waals surface area (Å²) in [5.41, 5.74) is 0.0294. The molecule has 2 rings (SSSR count). The number of benzene rings is 1. The molecule has 0 spiro atoms. The maximum atomic E-state index is 12.4. The third-order valence-corrected chi connectivity index (χ3v) is 2.36. The predicted octanol–water partition coefficient (Wildman–Crippen LogP) is 3.08. The van der Waals surface area contributed by atoms with E-state index in [0.29, 0.717) is 18.8 Å². The second-order valence-electron chi connectivity index (χ2n) is 3.42. The summed E-state index contributed by atoms with van der Waals surface area (Å²) >= 11 is 0. The van der Waals surface area contributed by atoms with Gasteiger partial charge in [0.25, 0.3) is 0 Å². The molecule has 0 fully saturated rings. The summed E-state index contributed by atoms with van der Waals surface area (Å²) < 4.78 is 37.3. The van der Waals surface area contributed by atoms with E-state index in [2.05, 4.69) is 0 Å². The summed E-state index contributed by atoms with van der Waals surface area (Å²) in [4.78, 5) is 1.88. The molecule has 1 aliphatic rings. The van der Waals surface area contributed by atoms with E-state index in [-0.39, 0.29) is 0 Å². The van der Waals surface area contributed by atoms with Crippen LogP contribution in [0.25, 0.3) is 0 Å². The Morgan fingerprint density at radius 2 is 1.73 bits per heavy atom. The highest BCUT2D eigenvalue weighted by Gasteiger charge is 2.30. The molecule has 1 nitrogen and oxygen atoms in total. The van der Waals surface area contributed by atoms with Gasteiger partial charge in [0.05, 0.1) is 5.56 Å². The second-order valence-corrected chi connectivity index (χ2v) is 3.42. The molecule has 0 amide bonds. The van der Waals surface area contributed by atoms with Crippen molar-refractivity contribution < 1.29 is 13.2 Å². The second kappa shape index (κ2) is 3.61. The first kappa shape index (κ1) is 10.1. The molecular weight excluding hydrogens is 203 g/mol. The number of nitrogens with zero attached hydrogens (tertiary/aromatic N) is 1. The van der Waals surface area contributed by atoms with Gasteiger partial charge in [-0.15, -0.1) is 0 Å². The highest BCUT2D eigenvalue weighted by molar-refractivity contribution is 5.51. The summed E-state index contributed by atoms with van der Waals surface area (Å²) in [5, 5.41) is 0. The van der Waals surface area contributed by atoms with Crippen LogP contribution in [0.2, 0.25) is 0 Å². The zero-order chi connectivity index (χ0) is 10.9. The van der Waals surface area contributed by atoms with Crippen molar-refractivity contribution in [2.75, 3.05) is 18.0 Å².